The number of rotatable bonds is 9. The number of halogens is 2. The van der Waals surface area contributed by atoms with Crippen molar-refractivity contribution in [3.63, 3.8) is 0 Å². The van der Waals surface area contributed by atoms with Gasteiger partial charge in [-0.1, -0.05) is 18.2 Å². The van der Waals surface area contributed by atoms with E-state index in [0.29, 0.717) is 18.3 Å². The molecular weight excluding hydrogens is 394 g/mol. The number of carbonyl (C=O) groups is 1. The SMILES string of the molecule is O=C(NCCCCN1CCN(c2ccccc2)CC1)c1cccnc1SC(F)F. The van der Waals surface area contributed by atoms with Crippen molar-refractivity contribution in [3.05, 3.63) is 54.2 Å². The van der Waals surface area contributed by atoms with Gasteiger partial charge in [-0.3, -0.25) is 9.69 Å². The number of thioether (sulfide) groups is 1. The Morgan fingerprint density at radius 2 is 1.83 bits per heavy atom. The van der Waals surface area contributed by atoms with Crippen LogP contribution in [0.15, 0.2) is 53.7 Å². The van der Waals surface area contributed by atoms with Gasteiger partial charge >= 0.3 is 0 Å². The standard InChI is InChI=1S/C21H26F2N4OS/c22-21(23)29-20-18(9-6-11-25-20)19(28)24-10-4-5-12-26-13-15-27(16-14-26)17-7-2-1-3-8-17/h1-3,6-9,11,21H,4-5,10,12-16H2,(H,24,28). The van der Waals surface area contributed by atoms with Crippen molar-refractivity contribution in [2.24, 2.45) is 0 Å². The quantitative estimate of drug-likeness (QED) is 0.495. The van der Waals surface area contributed by atoms with Crippen LogP contribution in [0.3, 0.4) is 0 Å². The molecule has 1 aromatic heterocycles. The number of unbranched alkanes of at least 4 members (excludes halogenated alkanes) is 1. The molecule has 0 radical (unpaired) electrons. The summed E-state index contributed by atoms with van der Waals surface area (Å²) in [6.07, 6.45) is 3.25. The Hall–Kier alpha value is -2.19. The largest absolute Gasteiger partial charge is 0.369 e. The summed E-state index contributed by atoms with van der Waals surface area (Å²) in [5.41, 5.74) is 1.48. The molecule has 29 heavy (non-hydrogen) atoms. The summed E-state index contributed by atoms with van der Waals surface area (Å²) in [7, 11) is 0. The van der Waals surface area contributed by atoms with E-state index in [-0.39, 0.29) is 16.5 Å². The average Bonchev–Trinajstić information content (AvgIpc) is 2.74. The summed E-state index contributed by atoms with van der Waals surface area (Å²) in [5, 5.41) is 2.88. The lowest BCUT2D eigenvalue weighted by Crippen LogP contribution is -2.46. The highest BCUT2D eigenvalue weighted by atomic mass is 32.2. The second-order valence-electron chi connectivity index (χ2n) is 6.86. The monoisotopic (exact) mass is 420 g/mol. The van der Waals surface area contributed by atoms with Crippen LogP contribution >= 0.6 is 11.8 Å². The Balaban J connectivity index is 1.33. The van der Waals surface area contributed by atoms with Crippen molar-refractivity contribution in [2.45, 2.75) is 23.6 Å². The Kier molecular flexibility index (Phi) is 8.25. The minimum absolute atomic E-state index is 0.0660. The smallest absolute Gasteiger partial charge is 0.290 e. The first-order valence-corrected chi connectivity index (χ1v) is 10.7. The van der Waals surface area contributed by atoms with Gasteiger partial charge in [0.15, 0.2) is 0 Å². The van der Waals surface area contributed by atoms with E-state index in [2.05, 4.69) is 44.4 Å². The number of hydrogen-bond acceptors (Lipinski definition) is 5. The van der Waals surface area contributed by atoms with Gasteiger partial charge in [-0.25, -0.2) is 4.98 Å². The third kappa shape index (κ3) is 6.68. The molecule has 156 valence electrons. The first-order chi connectivity index (χ1) is 14.1. The molecule has 1 aliphatic heterocycles. The fourth-order valence-corrected chi connectivity index (χ4v) is 3.95. The van der Waals surface area contributed by atoms with Gasteiger partial charge in [0.25, 0.3) is 11.7 Å². The predicted molar refractivity (Wildman–Crippen MR) is 113 cm³/mol. The number of para-hydroxylation sites is 1. The fraction of sp³-hybridized carbons (Fsp3) is 0.429. The van der Waals surface area contributed by atoms with Gasteiger partial charge in [0, 0.05) is 44.6 Å². The molecule has 0 bridgehead atoms. The van der Waals surface area contributed by atoms with Gasteiger partial charge < -0.3 is 10.2 Å². The van der Waals surface area contributed by atoms with Gasteiger partial charge in [-0.2, -0.15) is 8.78 Å². The highest BCUT2D eigenvalue weighted by molar-refractivity contribution is 7.99. The molecular formula is C21H26F2N4OS. The van der Waals surface area contributed by atoms with Crippen LogP contribution in [-0.2, 0) is 0 Å². The molecule has 8 heteroatoms. The van der Waals surface area contributed by atoms with Crippen LogP contribution in [0, 0.1) is 0 Å². The topological polar surface area (TPSA) is 48.5 Å². The molecule has 1 aliphatic rings. The zero-order valence-corrected chi connectivity index (χ0v) is 17.1. The average molecular weight is 421 g/mol. The minimum atomic E-state index is -2.60. The number of piperazine rings is 1. The van der Waals surface area contributed by atoms with Crippen molar-refractivity contribution in [3.8, 4) is 0 Å². The Bertz CT molecular complexity index is 770. The van der Waals surface area contributed by atoms with E-state index >= 15 is 0 Å². The third-order valence-corrected chi connectivity index (χ3v) is 5.62. The number of hydrogen-bond donors (Lipinski definition) is 1. The molecule has 0 saturated carbocycles. The molecule has 5 nitrogen and oxygen atoms in total. The van der Waals surface area contributed by atoms with Crippen LogP contribution in [0.1, 0.15) is 23.2 Å². The Morgan fingerprint density at radius 3 is 2.55 bits per heavy atom. The highest BCUT2D eigenvalue weighted by Crippen LogP contribution is 2.26. The summed E-state index contributed by atoms with van der Waals surface area (Å²) in [6.45, 7) is 5.63. The second kappa shape index (κ2) is 11.1. The van der Waals surface area contributed by atoms with E-state index in [9.17, 15) is 13.6 Å². The number of amides is 1. The molecule has 0 spiro atoms. The van der Waals surface area contributed by atoms with E-state index in [4.69, 9.17) is 0 Å². The zero-order chi connectivity index (χ0) is 20.5. The molecule has 2 heterocycles. The van der Waals surface area contributed by atoms with Gasteiger partial charge in [0.05, 0.1) is 5.56 Å². The summed E-state index contributed by atoms with van der Waals surface area (Å²) >= 11 is 0.298. The third-order valence-electron chi connectivity index (χ3n) is 4.90. The van der Waals surface area contributed by atoms with Gasteiger partial charge in [0.1, 0.15) is 5.03 Å². The molecule has 1 saturated heterocycles. The number of benzene rings is 1. The molecule has 0 atom stereocenters. The maximum absolute atomic E-state index is 12.6. The fourth-order valence-electron chi connectivity index (χ4n) is 3.37. The first-order valence-electron chi connectivity index (χ1n) is 9.84. The molecule has 1 fully saturated rings. The number of pyridine rings is 1. The number of aromatic nitrogens is 1. The van der Waals surface area contributed by atoms with Gasteiger partial charge in [-0.15, -0.1) is 0 Å². The lowest BCUT2D eigenvalue weighted by atomic mass is 10.2. The van der Waals surface area contributed by atoms with Crippen molar-refractivity contribution < 1.29 is 13.6 Å². The molecule has 3 rings (SSSR count). The molecule has 2 aromatic rings. The van der Waals surface area contributed by atoms with Gasteiger partial charge in [-0.05, 0) is 55.4 Å². The highest BCUT2D eigenvalue weighted by Gasteiger charge is 2.17. The van der Waals surface area contributed by atoms with E-state index < -0.39 is 5.76 Å². The predicted octanol–water partition coefficient (Wildman–Crippen LogP) is 3.73. The molecule has 1 N–H and O–H groups in total. The summed E-state index contributed by atoms with van der Waals surface area (Å²) in [5.74, 6) is -2.95. The zero-order valence-electron chi connectivity index (χ0n) is 16.3. The lowest BCUT2D eigenvalue weighted by molar-refractivity contribution is 0.0949. The van der Waals surface area contributed by atoms with Crippen molar-refractivity contribution in [2.75, 3.05) is 44.2 Å². The van der Waals surface area contributed by atoms with Crippen LogP contribution < -0.4 is 10.2 Å². The van der Waals surface area contributed by atoms with Gasteiger partial charge in [0.2, 0.25) is 0 Å². The first kappa shape index (κ1) is 21.5. The molecule has 1 amide bonds. The number of alkyl halides is 2. The van der Waals surface area contributed by atoms with Crippen LogP contribution in [0.4, 0.5) is 14.5 Å². The molecule has 0 aliphatic carbocycles. The summed E-state index contributed by atoms with van der Waals surface area (Å²) < 4.78 is 25.2. The number of nitrogens with one attached hydrogen (secondary N) is 1. The maximum atomic E-state index is 12.6. The maximum Gasteiger partial charge on any atom is 0.290 e. The normalized spacial score (nSPS) is 14.9. The number of carbonyl (C=O) groups excluding carboxylic acids is 1. The number of nitrogens with zero attached hydrogens (tertiary/aromatic N) is 3. The Morgan fingerprint density at radius 1 is 1.07 bits per heavy atom. The van der Waals surface area contributed by atoms with Crippen LogP contribution in [-0.4, -0.2) is 60.8 Å². The van der Waals surface area contributed by atoms with E-state index in [1.807, 2.05) is 6.07 Å². The van der Waals surface area contributed by atoms with E-state index in [1.54, 1.807) is 6.07 Å². The van der Waals surface area contributed by atoms with E-state index in [0.717, 1.165) is 45.6 Å². The minimum Gasteiger partial charge on any atom is -0.369 e. The summed E-state index contributed by atoms with van der Waals surface area (Å²) in [6, 6.07) is 13.6. The van der Waals surface area contributed by atoms with Crippen LogP contribution in [0.2, 0.25) is 0 Å². The number of anilines is 1. The van der Waals surface area contributed by atoms with Crippen molar-refractivity contribution in [1.82, 2.24) is 15.2 Å². The molecule has 0 unspecified atom stereocenters. The Labute approximate surface area is 174 Å². The van der Waals surface area contributed by atoms with Crippen LogP contribution in [0.5, 0.6) is 0 Å². The van der Waals surface area contributed by atoms with Crippen LogP contribution in [0.25, 0.3) is 0 Å². The van der Waals surface area contributed by atoms with E-state index in [1.165, 1.54) is 18.0 Å². The van der Waals surface area contributed by atoms with Crippen molar-refractivity contribution >= 4 is 23.4 Å². The second-order valence-corrected chi connectivity index (χ2v) is 7.84. The lowest BCUT2D eigenvalue weighted by Gasteiger charge is -2.36. The molecule has 1 aromatic carbocycles. The summed E-state index contributed by atoms with van der Waals surface area (Å²) in [4.78, 5) is 21.0. The van der Waals surface area contributed by atoms with Crippen molar-refractivity contribution in [1.29, 1.82) is 0 Å².